The molecule has 0 unspecified atom stereocenters. The van der Waals surface area contributed by atoms with Crippen LogP contribution in [0.4, 0.5) is 16.3 Å². The second-order valence-corrected chi connectivity index (χ2v) is 13.7. The van der Waals surface area contributed by atoms with Crippen molar-refractivity contribution in [3.63, 3.8) is 0 Å². The predicted octanol–water partition coefficient (Wildman–Crippen LogP) is 4.46. The Morgan fingerprint density at radius 3 is 2.78 bits per heavy atom. The van der Waals surface area contributed by atoms with Crippen molar-refractivity contribution in [3.05, 3.63) is 59.1 Å². The van der Waals surface area contributed by atoms with Crippen LogP contribution in [0.2, 0.25) is 5.02 Å². The maximum Gasteiger partial charge on any atom is 0.408 e. The zero-order chi connectivity index (χ0) is 32.2. The van der Waals surface area contributed by atoms with Crippen molar-refractivity contribution < 1.29 is 19.1 Å². The van der Waals surface area contributed by atoms with Gasteiger partial charge in [-0.15, -0.1) is 0 Å². The number of alkyl carbamates (subject to hydrolysis) is 1. The number of hydrogen-bond donors (Lipinski definition) is 3. The largest absolute Gasteiger partial charge is 0.493 e. The fourth-order valence-corrected chi connectivity index (χ4v) is 6.49. The van der Waals surface area contributed by atoms with Gasteiger partial charge in [0, 0.05) is 35.3 Å². The lowest BCUT2D eigenvalue weighted by atomic mass is 9.95. The van der Waals surface area contributed by atoms with E-state index >= 15 is 0 Å². The van der Waals surface area contributed by atoms with Crippen molar-refractivity contribution in [2.75, 3.05) is 30.3 Å². The molecule has 0 radical (unpaired) electrons. The Kier molecular flexibility index (Phi) is 7.42. The molecule has 2 aromatic heterocycles. The molecular weight excluding hydrogens is 608 g/mol. The Morgan fingerprint density at radius 2 is 2.00 bits per heavy atom. The number of aromatic nitrogens is 4. The van der Waals surface area contributed by atoms with Crippen molar-refractivity contribution in [1.29, 1.82) is 0 Å². The van der Waals surface area contributed by atoms with E-state index in [-0.39, 0.29) is 18.5 Å². The summed E-state index contributed by atoms with van der Waals surface area (Å²) in [5.74, 6) is 0.983. The Bertz CT molecular complexity index is 1850. The highest BCUT2D eigenvalue weighted by Crippen LogP contribution is 2.41. The third-order valence-electron chi connectivity index (χ3n) is 8.65. The highest BCUT2D eigenvalue weighted by atomic mass is 35.5. The molecule has 2 amide bonds. The number of nitrogens with zero attached hydrogens (tertiary/aromatic N) is 5. The third kappa shape index (κ3) is 5.89. The molecule has 0 spiro atoms. The highest BCUT2D eigenvalue weighted by molar-refractivity contribution is 6.31. The summed E-state index contributed by atoms with van der Waals surface area (Å²) in [4.78, 5) is 42.1. The van der Waals surface area contributed by atoms with Crippen LogP contribution in [0.25, 0.3) is 22.3 Å². The van der Waals surface area contributed by atoms with E-state index in [2.05, 4.69) is 36.6 Å². The lowest BCUT2D eigenvalue weighted by molar-refractivity contribution is -0.127. The number of nitrogen functional groups attached to an aromatic ring is 1. The number of fused-ring (bicyclic) bond motifs is 2. The van der Waals surface area contributed by atoms with Crippen LogP contribution in [0.3, 0.4) is 0 Å². The van der Waals surface area contributed by atoms with Gasteiger partial charge in [0.1, 0.15) is 28.7 Å². The molecular formula is C33H37ClN8O4. The maximum absolute atomic E-state index is 13.8. The molecule has 46 heavy (non-hydrogen) atoms. The molecule has 1 saturated heterocycles. The molecule has 240 valence electrons. The predicted molar refractivity (Wildman–Crippen MR) is 175 cm³/mol. The number of imidazole rings is 1. The van der Waals surface area contributed by atoms with E-state index in [0.717, 1.165) is 53.0 Å². The van der Waals surface area contributed by atoms with Crippen LogP contribution in [0, 0.1) is 0 Å². The molecule has 1 saturated carbocycles. The van der Waals surface area contributed by atoms with Gasteiger partial charge >= 0.3 is 6.09 Å². The van der Waals surface area contributed by atoms with E-state index in [1.54, 1.807) is 27.1 Å². The zero-order valence-electron chi connectivity index (χ0n) is 26.1. The number of nitrogens with one attached hydrogen (secondary N) is 2. The van der Waals surface area contributed by atoms with Crippen LogP contribution >= 0.6 is 11.6 Å². The minimum atomic E-state index is -1.20. The highest BCUT2D eigenvalue weighted by Gasteiger charge is 2.48. The number of benzene rings is 2. The minimum absolute atomic E-state index is 0.125. The Hall–Kier alpha value is -4.58. The second-order valence-electron chi connectivity index (χ2n) is 13.3. The van der Waals surface area contributed by atoms with E-state index in [4.69, 9.17) is 26.8 Å². The SMILES string of the molecule is CC(C)(C)OC(=O)N[C@]1(C(=O)NC2CC2)CCN(c2cc(Cl)cc(-c3ccc4c(c3)CCO4)c2Cn2cnc3c(N)ncnc32)C1. The van der Waals surface area contributed by atoms with Crippen LogP contribution in [0.1, 0.15) is 51.2 Å². The first-order chi connectivity index (χ1) is 22.0. The molecule has 2 fully saturated rings. The molecule has 4 heterocycles. The van der Waals surface area contributed by atoms with Crippen molar-refractivity contribution in [1.82, 2.24) is 30.2 Å². The van der Waals surface area contributed by atoms with Gasteiger partial charge in [-0.05, 0) is 81.0 Å². The van der Waals surface area contributed by atoms with Gasteiger partial charge in [0.2, 0.25) is 5.91 Å². The van der Waals surface area contributed by atoms with E-state index < -0.39 is 17.2 Å². The van der Waals surface area contributed by atoms with Crippen molar-refractivity contribution in [3.8, 4) is 16.9 Å². The summed E-state index contributed by atoms with van der Waals surface area (Å²) in [7, 11) is 0. The van der Waals surface area contributed by atoms with Crippen LogP contribution in [0.15, 0.2) is 43.0 Å². The summed E-state index contributed by atoms with van der Waals surface area (Å²) in [6.07, 6.45) is 5.58. The monoisotopic (exact) mass is 644 g/mol. The van der Waals surface area contributed by atoms with E-state index in [1.807, 2.05) is 28.8 Å². The number of ether oxygens (including phenoxy) is 2. The smallest absolute Gasteiger partial charge is 0.408 e. The number of carbonyl (C=O) groups excluding carboxylic acids is 2. The first-order valence-electron chi connectivity index (χ1n) is 15.5. The summed E-state index contributed by atoms with van der Waals surface area (Å²) in [5, 5.41) is 6.62. The molecule has 1 aliphatic carbocycles. The second kappa shape index (κ2) is 11.3. The van der Waals surface area contributed by atoms with Crippen LogP contribution < -0.4 is 26.0 Å². The van der Waals surface area contributed by atoms with E-state index in [9.17, 15) is 9.59 Å². The summed E-state index contributed by atoms with van der Waals surface area (Å²) in [6.45, 7) is 7.17. The molecule has 2 aliphatic heterocycles. The molecule has 0 bridgehead atoms. The van der Waals surface area contributed by atoms with Crippen molar-refractivity contribution in [2.45, 2.75) is 70.2 Å². The number of hydrogen-bond acceptors (Lipinski definition) is 9. The van der Waals surface area contributed by atoms with Gasteiger partial charge in [-0.25, -0.2) is 19.7 Å². The molecule has 3 aliphatic rings. The van der Waals surface area contributed by atoms with Gasteiger partial charge in [-0.1, -0.05) is 17.7 Å². The van der Waals surface area contributed by atoms with Crippen LogP contribution in [-0.4, -0.2) is 68.4 Å². The summed E-state index contributed by atoms with van der Waals surface area (Å²) < 4.78 is 13.3. The van der Waals surface area contributed by atoms with Gasteiger partial charge < -0.3 is 35.3 Å². The maximum atomic E-state index is 13.8. The quantitative estimate of drug-likeness (QED) is 0.265. The first kappa shape index (κ1) is 30.1. The molecule has 2 aromatic carbocycles. The van der Waals surface area contributed by atoms with Crippen molar-refractivity contribution in [2.24, 2.45) is 0 Å². The Morgan fingerprint density at radius 1 is 1.17 bits per heavy atom. The number of anilines is 2. The minimum Gasteiger partial charge on any atom is -0.493 e. The van der Waals surface area contributed by atoms with Gasteiger partial charge in [-0.2, -0.15) is 0 Å². The normalized spacial score (nSPS) is 19.2. The molecule has 4 N–H and O–H groups in total. The van der Waals surface area contributed by atoms with E-state index in [1.165, 1.54) is 6.33 Å². The molecule has 7 rings (SSSR count). The average Bonchev–Trinajstić information content (AvgIpc) is 3.35. The molecule has 13 heteroatoms. The summed E-state index contributed by atoms with van der Waals surface area (Å²) in [6, 6.07) is 10.2. The zero-order valence-corrected chi connectivity index (χ0v) is 26.9. The van der Waals surface area contributed by atoms with Gasteiger partial charge in [-0.3, -0.25) is 4.79 Å². The Labute approximate surface area is 271 Å². The third-order valence-corrected chi connectivity index (χ3v) is 8.87. The topological polar surface area (TPSA) is 150 Å². The fourth-order valence-electron chi connectivity index (χ4n) is 6.28. The van der Waals surface area contributed by atoms with Crippen LogP contribution in [0.5, 0.6) is 5.75 Å². The Balaban J connectivity index is 1.31. The molecule has 4 aromatic rings. The lowest BCUT2D eigenvalue weighted by Crippen LogP contribution is -2.61. The average molecular weight is 645 g/mol. The number of nitrogens with two attached hydrogens (primary N) is 1. The van der Waals surface area contributed by atoms with Gasteiger partial charge in [0.05, 0.1) is 26.0 Å². The fraction of sp³-hybridized carbons (Fsp3) is 0.424. The number of carbonyl (C=O) groups is 2. The summed E-state index contributed by atoms with van der Waals surface area (Å²) in [5.41, 5.74) is 10.2. The first-order valence-corrected chi connectivity index (χ1v) is 15.9. The lowest BCUT2D eigenvalue weighted by Gasteiger charge is -2.32. The standard InChI is InChI=1S/C33H37ClN8O4/c1-32(2,3)46-31(44)40-33(30(43)39-22-5-6-22)9-10-41(16-33)25-14-21(34)13-23(19-4-7-26-20(12-19)8-11-45-26)24(25)15-42-18-38-27-28(35)36-17-37-29(27)42/h4,7,12-14,17-18,22H,5-6,8-11,15-16H2,1-3H3,(H,39,43)(H,40,44)(H2,35,36,37)/t33-/m1/s1. The number of halogens is 1. The molecule has 12 nitrogen and oxygen atoms in total. The van der Waals surface area contributed by atoms with Crippen LogP contribution in [-0.2, 0) is 22.5 Å². The van der Waals surface area contributed by atoms with Gasteiger partial charge in [0.25, 0.3) is 0 Å². The van der Waals surface area contributed by atoms with Gasteiger partial charge in [0.15, 0.2) is 11.5 Å². The van der Waals surface area contributed by atoms with Crippen molar-refractivity contribution >= 4 is 46.3 Å². The van der Waals surface area contributed by atoms with E-state index in [0.29, 0.717) is 48.1 Å². The number of amides is 2. The summed E-state index contributed by atoms with van der Waals surface area (Å²) >= 11 is 6.86. The number of rotatable bonds is 7. The molecule has 1 atom stereocenters.